The molecule has 0 spiro atoms. The quantitative estimate of drug-likeness (QED) is 0.503. The summed E-state index contributed by atoms with van der Waals surface area (Å²) in [6.07, 6.45) is 3.45. The highest BCUT2D eigenvalue weighted by atomic mass is 79.9. The summed E-state index contributed by atoms with van der Waals surface area (Å²) in [6, 6.07) is 5.53. The minimum atomic E-state index is 0.458. The van der Waals surface area contributed by atoms with Crippen molar-refractivity contribution in [3.63, 3.8) is 0 Å². The van der Waals surface area contributed by atoms with Crippen LogP contribution in [0.3, 0.4) is 0 Å². The molecule has 0 heterocycles. The van der Waals surface area contributed by atoms with E-state index >= 15 is 0 Å². The molecule has 0 unspecified atom stereocenters. The first kappa shape index (κ1) is 13.9. The van der Waals surface area contributed by atoms with Crippen LogP contribution in [-0.4, -0.2) is 18.9 Å². The van der Waals surface area contributed by atoms with Crippen molar-refractivity contribution in [3.05, 3.63) is 34.4 Å². The summed E-state index contributed by atoms with van der Waals surface area (Å²) >= 11 is 4.85. The lowest BCUT2D eigenvalue weighted by Gasteiger charge is -2.07. The fourth-order valence-corrected chi connectivity index (χ4v) is 1.72. The highest BCUT2D eigenvalue weighted by Crippen LogP contribution is 2.29. The van der Waals surface area contributed by atoms with Gasteiger partial charge in [0.15, 0.2) is 0 Å². The zero-order valence-corrected chi connectivity index (χ0v) is 11.9. The largest absolute Gasteiger partial charge is 0.496 e. The number of ether oxygens (including phenoxy) is 1. The highest BCUT2D eigenvalue weighted by Gasteiger charge is 2.08. The molecule has 1 N–H and O–H groups in total. The summed E-state index contributed by atoms with van der Waals surface area (Å²) in [5, 5.41) is 3.46. The molecule has 0 amide bonds. The van der Waals surface area contributed by atoms with Gasteiger partial charge in [0.1, 0.15) is 11.4 Å². The third-order valence-electron chi connectivity index (χ3n) is 1.92. The molecule has 0 bridgehead atoms. The van der Waals surface area contributed by atoms with Crippen LogP contribution in [-0.2, 0) is 0 Å². The van der Waals surface area contributed by atoms with Crippen LogP contribution >= 0.6 is 27.7 Å². The number of rotatable bonds is 5. The number of nitrogens with one attached hydrogen (secondary N) is 1. The van der Waals surface area contributed by atoms with Gasteiger partial charge < -0.3 is 4.74 Å². The van der Waals surface area contributed by atoms with Gasteiger partial charge in [-0.05, 0) is 24.5 Å². The molecule has 0 aliphatic carbocycles. The topological polar surface area (TPSA) is 57.8 Å². The number of hydrogen-bond acceptors (Lipinski definition) is 5. The number of aliphatic imine (C=N–C) groups is 1. The number of nitrogens with zero attached hydrogens (tertiary/aromatic N) is 2. The van der Waals surface area contributed by atoms with Gasteiger partial charge in [0.05, 0.1) is 18.9 Å². The van der Waals surface area contributed by atoms with Gasteiger partial charge >= 0.3 is 0 Å². The normalized spacial score (nSPS) is 11.8. The van der Waals surface area contributed by atoms with E-state index in [1.165, 1.54) is 18.0 Å². The Morgan fingerprint density at radius 2 is 2.29 bits per heavy atom. The van der Waals surface area contributed by atoms with Gasteiger partial charge in [0.25, 0.3) is 0 Å². The van der Waals surface area contributed by atoms with Crippen molar-refractivity contribution in [2.45, 2.75) is 0 Å². The SMILES string of the molecule is COc1cc(Br)ccc1/C(=C/N=CSC)N=N. The average molecular weight is 314 g/mol. The molecule has 1 aromatic carbocycles. The van der Waals surface area contributed by atoms with Gasteiger partial charge in [-0.3, -0.25) is 4.99 Å². The highest BCUT2D eigenvalue weighted by molar-refractivity contribution is 9.10. The van der Waals surface area contributed by atoms with E-state index in [-0.39, 0.29) is 0 Å². The molecule has 0 aromatic heterocycles. The number of hydrogen-bond donors (Lipinski definition) is 1. The van der Waals surface area contributed by atoms with Crippen LogP contribution < -0.4 is 4.74 Å². The third-order valence-corrected chi connectivity index (χ3v) is 2.75. The molecule has 0 aliphatic heterocycles. The molecule has 0 saturated heterocycles. The predicted molar refractivity (Wildman–Crippen MR) is 75.8 cm³/mol. The van der Waals surface area contributed by atoms with Crippen LogP contribution in [0.4, 0.5) is 0 Å². The lowest BCUT2D eigenvalue weighted by Crippen LogP contribution is -1.90. The molecule has 0 saturated carbocycles. The summed E-state index contributed by atoms with van der Waals surface area (Å²) in [7, 11) is 1.58. The van der Waals surface area contributed by atoms with Crippen LogP contribution in [0, 0.1) is 5.53 Å². The fourth-order valence-electron chi connectivity index (χ4n) is 1.20. The maximum absolute atomic E-state index is 7.17. The van der Waals surface area contributed by atoms with Crippen LogP contribution in [0.25, 0.3) is 5.70 Å². The van der Waals surface area contributed by atoms with Crippen molar-refractivity contribution in [2.24, 2.45) is 10.1 Å². The zero-order valence-electron chi connectivity index (χ0n) is 9.48. The second kappa shape index (κ2) is 7.24. The van der Waals surface area contributed by atoms with Gasteiger partial charge in [-0.2, -0.15) is 5.11 Å². The first-order valence-corrected chi connectivity index (χ1v) is 6.77. The zero-order chi connectivity index (χ0) is 12.7. The van der Waals surface area contributed by atoms with Crippen LogP contribution in [0.15, 0.2) is 39.0 Å². The number of benzene rings is 1. The molecule has 90 valence electrons. The van der Waals surface area contributed by atoms with E-state index in [0.717, 1.165) is 10.0 Å². The van der Waals surface area contributed by atoms with E-state index in [2.05, 4.69) is 26.0 Å². The average Bonchev–Trinajstić information content (AvgIpc) is 2.35. The second-order valence-corrected chi connectivity index (χ2v) is 4.56. The molecule has 6 heteroatoms. The van der Waals surface area contributed by atoms with E-state index in [9.17, 15) is 0 Å². The van der Waals surface area contributed by atoms with Crippen molar-refractivity contribution in [1.82, 2.24) is 0 Å². The van der Waals surface area contributed by atoms with Crippen molar-refractivity contribution >= 4 is 38.9 Å². The third kappa shape index (κ3) is 3.98. The minimum absolute atomic E-state index is 0.458. The second-order valence-electron chi connectivity index (χ2n) is 2.96. The molecule has 0 radical (unpaired) electrons. The summed E-state index contributed by atoms with van der Waals surface area (Å²) in [5.41, 5.74) is 10.0. The van der Waals surface area contributed by atoms with E-state index in [1.54, 1.807) is 12.7 Å². The molecular weight excluding hydrogens is 302 g/mol. The molecule has 0 fully saturated rings. The van der Waals surface area contributed by atoms with Crippen molar-refractivity contribution in [3.8, 4) is 5.75 Å². The molecule has 1 rings (SSSR count). The maximum atomic E-state index is 7.17. The monoisotopic (exact) mass is 313 g/mol. The van der Waals surface area contributed by atoms with Crippen LogP contribution in [0.1, 0.15) is 5.56 Å². The first-order valence-electron chi connectivity index (χ1n) is 4.69. The van der Waals surface area contributed by atoms with E-state index < -0.39 is 0 Å². The maximum Gasteiger partial charge on any atom is 0.129 e. The summed E-state index contributed by atoms with van der Waals surface area (Å²) < 4.78 is 6.16. The van der Waals surface area contributed by atoms with Gasteiger partial charge in [-0.1, -0.05) is 15.9 Å². The van der Waals surface area contributed by atoms with Gasteiger partial charge in [-0.25, -0.2) is 5.53 Å². The fraction of sp³-hybridized carbons (Fsp3) is 0.182. The van der Waals surface area contributed by atoms with Gasteiger partial charge in [0, 0.05) is 10.0 Å². The van der Waals surface area contributed by atoms with Gasteiger partial charge in [0.2, 0.25) is 0 Å². The Labute approximate surface area is 113 Å². The predicted octanol–water partition coefficient (Wildman–Crippen LogP) is 4.18. The Hall–Kier alpha value is -1.14. The Morgan fingerprint density at radius 1 is 1.53 bits per heavy atom. The smallest absolute Gasteiger partial charge is 0.129 e. The Kier molecular flexibility index (Phi) is 5.93. The molecule has 17 heavy (non-hydrogen) atoms. The lowest BCUT2D eigenvalue weighted by molar-refractivity contribution is 0.413. The van der Waals surface area contributed by atoms with Crippen molar-refractivity contribution in [2.75, 3.05) is 13.4 Å². The first-order chi connectivity index (χ1) is 8.22. The van der Waals surface area contributed by atoms with Crippen LogP contribution in [0.2, 0.25) is 0 Å². The van der Waals surface area contributed by atoms with Gasteiger partial charge in [-0.15, -0.1) is 11.8 Å². The Balaban J connectivity index is 3.15. The summed E-state index contributed by atoms with van der Waals surface area (Å²) in [4.78, 5) is 4.03. The molecule has 1 aromatic rings. The molecule has 0 atom stereocenters. The van der Waals surface area contributed by atoms with E-state index in [0.29, 0.717) is 11.4 Å². The summed E-state index contributed by atoms with van der Waals surface area (Å²) in [6.45, 7) is 0. The van der Waals surface area contributed by atoms with Crippen molar-refractivity contribution < 1.29 is 4.74 Å². The Morgan fingerprint density at radius 3 is 2.88 bits per heavy atom. The minimum Gasteiger partial charge on any atom is -0.496 e. The number of thioether (sulfide) groups is 1. The number of methoxy groups -OCH3 is 1. The number of halogens is 1. The molecule has 4 nitrogen and oxygen atoms in total. The summed E-state index contributed by atoms with van der Waals surface area (Å²) in [5.74, 6) is 0.654. The van der Waals surface area contributed by atoms with E-state index in [1.807, 2.05) is 24.5 Å². The van der Waals surface area contributed by atoms with E-state index in [4.69, 9.17) is 10.3 Å². The lowest BCUT2D eigenvalue weighted by atomic mass is 10.1. The van der Waals surface area contributed by atoms with Crippen molar-refractivity contribution in [1.29, 1.82) is 5.53 Å². The molecular formula is C11H12BrN3OS. The van der Waals surface area contributed by atoms with Crippen LogP contribution in [0.5, 0.6) is 5.75 Å². The Bertz CT molecular complexity index is 460. The standard InChI is InChI=1S/C11H12BrN3OS/c1-16-11-5-8(12)3-4-9(11)10(15-13)6-14-7-17-2/h3-7,13H,1-2H3/b10-6-,14-7?,15-13?. The molecule has 0 aliphatic rings.